The molecule has 1 atom stereocenters. The Hall–Kier alpha value is -2.08. The maximum Gasteiger partial charge on any atom is 0.253 e. The molecule has 1 aliphatic carbocycles. The lowest BCUT2D eigenvalue weighted by Gasteiger charge is -2.22. The molecule has 3 fully saturated rings. The molecule has 152 valence electrons. The standard InChI is InChI=1S/C22H31N3O3/c26-21(16-6-1-2-7-16)24-17-9-10-20(25-11-3-4-12-25)19(14-17)22(27)23-15-18-8-5-13-28-18/h9-10,14,16,18H,1-8,11-13,15H2,(H,23,27)(H,24,26). The Kier molecular flexibility index (Phi) is 6.15. The van der Waals surface area contributed by atoms with E-state index in [0.29, 0.717) is 17.8 Å². The Morgan fingerprint density at radius 3 is 2.54 bits per heavy atom. The van der Waals surface area contributed by atoms with E-state index < -0.39 is 0 Å². The van der Waals surface area contributed by atoms with Gasteiger partial charge in [0.05, 0.1) is 11.7 Å². The Balaban J connectivity index is 1.49. The second kappa shape index (κ2) is 8.95. The molecule has 6 nitrogen and oxygen atoms in total. The highest BCUT2D eigenvalue weighted by molar-refractivity contribution is 6.02. The van der Waals surface area contributed by atoms with Crippen molar-refractivity contribution in [3.63, 3.8) is 0 Å². The monoisotopic (exact) mass is 385 g/mol. The lowest BCUT2D eigenvalue weighted by Crippen LogP contribution is -2.33. The van der Waals surface area contributed by atoms with Crippen LogP contribution in [-0.2, 0) is 9.53 Å². The van der Waals surface area contributed by atoms with Crippen LogP contribution in [0.15, 0.2) is 18.2 Å². The van der Waals surface area contributed by atoms with E-state index in [2.05, 4.69) is 15.5 Å². The smallest absolute Gasteiger partial charge is 0.253 e. The molecule has 6 heteroatoms. The lowest BCUT2D eigenvalue weighted by atomic mass is 10.1. The normalized spacial score (nSPS) is 22.6. The molecule has 2 saturated heterocycles. The van der Waals surface area contributed by atoms with E-state index >= 15 is 0 Å². The highest BCUT2D eigenvalue weighted by Gasteiger charge is 2.25. The van der Waals surface area contributed by atoms with E-state index in [0.717, 1.165) is 76.8 Å². The minimum atomic E-state index is -0.0886. The maximum atomic E-state index is 13.0. The van der Waals surface area contributed by atoms with Crippen LogP contribution in [0.25, 0.3) is 0 Å². The molecule has 2 aliphatic heterocycles. The third-order valence-corrected chi connectivity index (χ3v) is 6.20. The third-order valence-electron chi connectivity index (χ3n) is 6.20. The minimum absolute atomic E-state index is 0.0807. The average Bonchev–Trinajstić information content (AvgIpc) is 3.49. The summed E-state index contributed by atoms with van der Waals surface area (Å²) in [4.78, 5) is 27.7. The van der Waals surface area contributed by atoms with Crippen LogP contribution < -0.4 is 15.5 Å². The Labute approximate surface area is 167 Å². The summed E-state index contributed by atoms with van der Waals surface area (Å²) in [6.07, 6.45) is 8.65. The van der Waals surface area contributed by atoms with Gasteiger partial charge in [-0.15, -0.1) is 0 Å². The van der Waals surface area contributed by atoms with Gasteiger partial charge in [-0.1, -0.05) is 12.8 Å². The summed E-state index contributed by atoms with van der Waals surface area (Å²) < 4.78 is 5.62. The molecule has 1 aromatic carbocycles. The van der Waals surface area contributed by atoms with Gasteiger partial charge in [0, 0.05) is 43.5 Å². The Morgan fingerprint density at radius 2 is 1.82 bits per heavy atom. The van der Waals surface area contributed by atoms with Crippen LogP contribution in [0.1, 0.15) is 61.7 Å². The summed E-state index contributed by atoms with van der Waals surface area (Å²) in [5, 5.41) is 6.07. The molecule has 28 heavy (non-hydrogen) atoms. The quantitative estimate of drug-likeness (QED) is 0.788. The summed E-state index contributed by atoms with van der Waals surface area (Å²) in [6.45, 7) is 3.26. The van der Waals surface area contributed by atoms with Crippen molar-refractivity contribution in [3.8, 4) is 0 Å². The molecule has 1 aromatic rings. The number of benzene rings is 1. The molecule has 2 amide bonds. The molecular formula is C22H31N3O3. The molecule has 4 rings (SSSR count). The van der Waals surface area contributed by atoms with Gasteiger partial charge in [0.1, 0.15) is 0 Å². The van der Waals surface area contributed by atoms with Crippen molar-refractivity contribution in [2.45, 2.75) is 57.5 Å². The number of nitrogens with zero attached hydrogens (tertiary/aromatic N) is 1. The largest absolute Gasteiger partial charge is 0.376 e. The first-order valence-electron chi connectivity index (χ1n) is 10.8. The predicted molar refractivity (Wildman–Crippen MR) is 110 cm³/mol. The maximum absolute atomic E-state index is 13.0. The first-order valence-corrected chi connectivity index (χ1v) is 10.8. The SMILES string of the molecule is O=C(NCC1CCCO1)c1cc(NC(=O)C2CCCC2)ccc1N1CCCC1. The number of rotatable bonds is 6. The molecule has 2 N–H and O–H groups in total. The highest BCUT2D eigenvalue weighted by atomic mass is 16.5. The molecule has 3 aliphatic rings. The molecule has 2 heterocycles. The van der Waals surface area contributed by atoms with Crippen LogP contribution in [0, 0.1) is 5.92 Å². The fourth-order valence-corrected chi connectivity index (χ4v) is 4.57. The molecule has 0 spiro atoms. The van der Waals surface area contributed by atoms with E-state index in [1.807, 2.05) is 18.2 Å². The van der Waals surface area contributed by atoms with Crippen LogP contribution in [0.2, 0.25) is 0 Å². The number of hydrogen-bond donors (Lipinski definition) is 2. The predicted octanol–water partition coefficient (Wildman–Crippen LogP) is 3.32. The number of carbonyl (C=O) groups is 2. The Morgan fingerprint density at radius 1 is 1.04 bits per heavy atom. The zero-order valence-electron chi connectivity index (χ0n) is 16.5. The second-order valence-corrected chi connectivity index (χ2v) is 8.24. The number of nitrogens with one attached hydrogen (secondary N) is 2. The van der Waals surface area contributed by atoms with Crippen molar-refractivity contribution in [1.82, 2.24) is 5.32 Å². The van der Waals surface area contributed by atoms with E-state index in [-0.39, 0.29) is 23.8 Å². The molecule has 0 radical (unpaired) electrons. The van der Waals surface area contributed by atoms with Crippen molar-refractivity contribution in [3.05, 3.63) is 23.8 Å². The zero-order valence-corrected chi connectivity index (χ0v) is 16.5. The number of ether oxygens (including phenoxy) is 1. The van der Waals surface area contributed by atoms with Crippen LogP contribution in [0.3, 0.4) is 0 Å². The number of anilines is 2. The van der Waals surface area contributed by atoms with E-state index in [1.165, 1.54) is 0 Å². The van der Waals surface area contributed by atoms with Gasteiger partial charge in [-0.2, -0.15) is 0 Å². The number of amides is 2. The number of carbonyl (C=O) groups excluding carboxylic acids is 2. The van der Waals surface area contributed by atoms with Crippen LogP contribution >= 0.6 is 0 Å². The highest BCUT2D eigenvalue weighted by Crippen LogP contribution is 2.30. The first-order chi connectivity index (χ1) is 13.7. The van der Waals surface area contributed by atoms with Gasteiger partial charge >= 0.3 is 0 Å². The molecular weight excluding hydrogens is 354 g/mol. The van der Waals surface area contributed by atoms with Gasteiger partial charge in [0.2, 0.25) is 5.91 Å². The Bertz CT molecular complexity index is 703. The van der Waals surface area contributed by atoms with Crippen LogP contribution in [-0.4, -0.2) is 44.2 Å². The zero-order chi connectivity index (χ0) is 19.3. The van der Waals surface area contributed by atoms with Gasteiger partial charge < -0.3 is 20.3 Å². The van der Waals surface area contributed by atoms with Crippen LogP contribution in [0.4, 0.5) is 11.4 Å². The molecule has 1 saturated carbocycles. The molecule has 0 aromatic heterocycles. The van der Waals surface area contributed by atoms with Gasteiger partial charge in [-0.3, -0.25) is 9.59 Å². The van der Waals surface area contributed by atoms with Crippen molar-refractivity contribution >= 4 is 23.2 Å². The van der Waals surface area contributed by atoms with Crippen molar-refractivity contribution in [1.29, 1.82) is 0 Å². The summed E-state index contributed by atoms with van der Waals surface area (Å²) >= 11 is 0. The van der Waals surface area contributed by atoms with Gasteiger partial charge in [-0.05, 0) is 56.7 Å². The van der Waals surface area contributed by atoms with Crippen molar-refractivity contribution in [2.75, 3.05) is 36.5 Å². The van der Waals surface area contributed by atoms with E-state index in [9.17, 15) is 9.59 Å². The summed E-state index contributed by atoms with van der Waals surface area (Å²) in [6, 6.07) is 5.75. The van der Waals surface area contributed by atoms with E-state index in [1.54, 1.807) is 0 Å². The summed E-state index contributed by atoms with van der Waals surface area (Å²) in [5.41, 5.74) is 2.31. The van der Waals surface area contributed by atoms with Gasteiger partial charge in [0.15, 0.2) is 0 Å². The van der Waals surface area contributed by atoms with Crippen molar-refractivity contribution in [2.24, 2.45) is 5.92 Å². The second-order valence-electron chi connectivity index (χ2n) is 8.24. The fourth-order valence-electron chi connectivity index (χ4n) is 4.57. The lowest BCUT2D eigenvalue weighted by molar-refractivity contribution is -0.119. The van der Waals surface area contributed by atoms with Crippen LogP contribution in [0.5, 0.6) is 0 Å². The third kappa shape index (κ3) is 4.49. The topological polar surface area (TPSA) is 70.7 Å². The fraction of sp³-hybridized carbons (Fsp3) is 0.636. The van der Waals surface area contributed by atoms with Gasteiger partial charge in [0.25, 0.3) is 5.91 Å². The van der Waals surface area contributed by atoms with Crippen molar-refractivity contribution < 1.29 is 14.3 Å². The minimum Gasteiger partial charge on any atom is -0.376 e. The average molecular weight is 386 g/mol. The molecule has 0 bridgehead atoms. The van der Waals surface area contributed by atoms with Gasteiger partial charge in [-0.25, -0.2) is 0 Å². The summed E-state index contributed by atoms with van der Waals surface area (Å²) in [7, 11) is 0. The first kappa shape index (κ1) is 19.2. The summed E-state index contributed by atoms with van der Waals surface area (Å²) in [5.74, 6) is 0.0987. The molecule has 1 unspecified atom stereocenters. The number of hydrogen-bond acceptors (Lipinski definition) is 4. The van der Waals surface area contributed by atoms with E-state index in [4.69, 9.17) is 4.74 Å².